The topological polar surface area (TPSA) is 43.4 Å². The summed E-state index contributed by atoms with van der Waals surface area (Å²) in [7, 11) is -3.65. The van der Waals surface area contributed by atoms with Crippen LogP contribution in [0.15, 0.2) is 29.2 Å². The summed E-state index contributed by atoms with van der Waals surface area (Å²) in [6, 6.07) is 5.87. The second kappa shape index (κ2) is 4.96. The van der Waals surface area contributed by atoms with E-state index in [1.165, 1.54) is 24.3 Å². The summed E-state index contributed by atoms with van der Waals surface area (Å²) >= 11 is 5.65. The van der Waals surface area contributed by atoms with Gasteiger partial charge >= 0.3 is 0 Å². The van der Waals surface area contributed by atoms with E-state index in [9.17, 15) is 8.42 Å². The van der Waals surface area contributed by atoms with Gasteiger partial charge in [0.2, 0.25) is 0 Å². The van der Waals surface area contributed by atoms with Crippen LogP contribution in [-0.4, -0.2) is 15.0 Å². The van der Waals surface area contributed by atoms with Gasteiger partial charge in [-0.1, -0.05) is 25.4 Å². The molecule has 0 fully saturated rings. The quantitative estimate of drug-likeness (QED) is 0.769. The molecule has 0 aliphatic carbocycles. The Kier molecular flexibility index (Phi) is 4.13. The molecule has 0 aliphatic rings. The van der Waals surface area contributed by atoms with Crippen molar-refractivity contribution in [3.05, 3.63) is 35.2 Å². The van der Waals surface area contributed by atoms with Crippen molar-refractivity contribution in [2.24, 2.45) is 0 Å². The fourth-order valence-electron chi connectivity index (χ4n) is 0.865. The standard InChI is InChI=1S/C10H12ClO3S/c1-8(2)7-14-15(12,13)10-5-3-9(11)4-6-10/h3-6H,7H2,1-2H3. The lowest BCUT2D eigenvalue weighted by Gasteiger charge is -2.07. The van der Waals surface area contributed by atoms with E-state index in [1.807, 2.05) is 0 Å². The Balaban J connectivity index is 2.82. The second-order valence-corrected chi connectivity index (χ2v) is 5.43. The lowest BCUT2D eigenvalue weighted by atomic mass is 10.2. The van der Waals surface area contributed by atoms with Crippen LogP contribution in [0.2, 0.25) is 5.02 Å². The first kappa shape index (κ1) is 12.5. The van der Waals surface area contributed by atoms with Crippen LogP contribution in [0.25, 0.3) is 0 Å². The van der Waals surface area contributed by atoms with Crippen molar-refractivity contribution in [3.63, 3.8) is 0 Å². The molecule has 1 radical (unpaired) electrons. The molecule has 1 rings (SSSR count). The first-order chi connectivity index (χ1) is 6.92. The van der Waals surface area contributed by atoms with Crippen molar-refractivity contribution in [1.29, 1.82) is 0 Å². The van der Waals surface area contributed by atoms with Crippen LogP contribution in [-0.2, 0) is 14.3 Å². The largest absolute Gasteiger partial charge is 0.296 e. The highest BCUT2D eigenvalue weighted by atomic mass is 35.5. The van der Waals surface area contributed by atoms with Crippen molar-refractivity contribution >= 4 is 21.7 Å². The fourth-order valence-corrected chi connectivity index (χ4v) is 1.99. The minimum absolute atomic E-state index is 0.102. The molecule has 1 aromatic rings. The molecule has 0 unspecified atom stereocenters. The van der Waals surface area contributed by atoms with Crippen LogP contribution < -0.4 is 0 Å². The summed E-state index contributed by atoms with van der Waals surface area (Å²) in [5, 5.41) is 0.493. The third-order valence-electron chi connectivity index (χ3n) is 1.61. The monoisotopic (exact) mass is 247 g/mol. The van der Waals surface area contributed by atoms with Gasteiger partial charge in [0.1, 0.15) is 0 Å². The third kappa shape index (κ3) is 3.81. The van der Waals surface area contributed by atoms with Gasteiger partial charge in [0, 0.05) is 5.02 Å². The zero-order chi connectivity index (χ0) is 11.5. The average molecular weight is 248 g/mol. The summed E-state index contributed by atoms with van der Waals surface area (Å²) in [6.07, 6.45) is 0. The normalized spacial score (nSPS) is 12.0. The Morgan fingerprint density at radius 3 is 2.27 bits per heavy atom. The third-order valence-corrected chi connectivity index (χ3v) is 3.13. The number of hydrogen-bond donors (Lipinski definition) is 0. The smallest absolute Gasteiger partial charge is 0.266 e. The molecule has 0 saturated carbocycles. The molecule has 0 amide bonds. The van der Waals surface area contributed by atoms with E-state index >= 15 is 0 Å². The van der Waals surface area contributed by atoms with Gasteiger partial charge in [-0.3, -0.25) is 4.18 Å². The van der Waals surface area contributed by atoms with Crippen LogP contribution in [0.4, 0.5) is 0 Å². The summed E-state index contributed by atoms with van der Waals surface area (Å²) in [5.74, 6) is 0.896. The van der Waals surface area contributed by atoms with Crippen LogP contribution in [0, 0.1) is 5.92 Å². The van der Waals surface area contributed by atoms with Crippen LogP contribution >= 0.6 is 11.6 Å². The van der Waals surface area contributed by atoms with Gasteiger partial charge < -0.3 is 0 Å². The highest BCUT2D eigenvalue weighted by Gasteiger charge is 2.15. The van der Waals surface area contributed by atoms with Crippen LogP contribution in [0.3, 0.4) is 0 Å². The maximum Gasteiger partial charge on any atom is 0.296 e. The van der Waals surface area contributed by atoms with E-state index in [1.54, 1.807) is 13.8 Å². The highest BCUT2D eigenvalue weighted by Crippen LogP contribution is 2.16. The first-order valence-electron chi connectivity index (χ1n) is 4.36. The molecule has 0 bridgehead atoms. The Hall–Kier alpha value is -0.580. The minimum Gasteiger partial charge on any atom is -0.266 e. The Labute approximate surface area is 95.1 Å². The molecule has 0 atom stereocenters. The van der Waals surface area contributed by atoms with E-state index in [4.69, 9.17) is 15.8 Å². The van der Waals surface area contributed by atoms with Gasteiger partial charge in [0.25, 0.3) is 10.1 Å². The van der Waals surface area contributed by atoms with Crippen LogP contribution in [0.5, 0.6) is 0 Å². The molecule has 0 saturated heterocycles. The zero-order valence-corrected chi connectivity index (χ0v) is 10.1. The Morgan fingerprint density at radius 2 is 1.80 bits per heavy atom. The molecular formula is C10H12ClO3S. The molecule has 15 heavy (non-hydrogen) atoms. The number of halogens is 1. The molecule has 3 nitrogen and oxygen atoms in total. The molecule has 1 aromatic carbocycles. The fraction of sp³-hybridized carbons (Fsp3) is 0.300. The zero-order valence-electron chi connectivity index (χ0n) is 8.53. The molecule has 0 heterocycles. The summed E-state index contributed by atoms with van der Waals surface area (Å²) in [4.78, 5) is 0.119. The van der Waals surface area contributed by atoms with Crippen molar-refractivity contribution in [1.82, 2.24) is 0 Å². The van der Waals surface area contributed by atoms with Crippen molar-refractivity contribution in [2.45, 2.75) is 18.7 Å². The maximum atomic E-state index is 11.6. The minimum atomic E-state index is -3.65. The summed E-state index contributed by atoms with van der Waals surface area (Å²) in [5.41, 5.74) is 0. The van der Waals surface area contributed by atoms with E-state index < -0.39 is 10.1 Å². The molecule has 0 aromatic heterocycles. The lowest BCUT2D eigenvalue weighted by molar-refractivity contribution is 0.331. The maximum absolute atomic E-state index is 11.6. The molecule has 5 heteroatoms. The highest BCUT2D eigenvalue weighted by molar-refractivity contribution is 7.86. The molecule has 0 spiro atoms. The van der Waals surface area contributed by atoms with E-state index in [-0.39, 0.29) is 11.5 Å². The molecule has 0 N–H and O–H groups in total. The number of hydrogen-bond acceptors (Lipinski definition) is 3. The lowest BCUT2D eigenvalue weighted by Crippen LogP contribution is -2.09. The van der Waals surface area contributed by atoms with Crippen molar-refractivity contribution in [3.8, 4) is 0 Å². The van der Waals surface area contributed by atoms with E-state index in [0.29, 0.717) is 5.02 Å². The Bertz CT molecular complexity index is 409. The summed E-state index contributed by atoms with van der Waals surface area (Å²) < 4.78 is 27.9. The molecule has 83 valence electrons. The molecule has 0 aliphatic heterocycles. The Morgan fingerprint density at radius 1 is 1.27 bits per heavy atom. The number of rotatable bonds is 4. The molecular weight excluding hydrogens is 236 g/mol. The first-order valence-corrected chi connectivity index (χ1v) is 6.14. The van der Waals surface area contributed by atoms with Gasteiger partial charge in [-0.25, -0.2) is 0 Å². The SMILES string of the molecule is C[C](C)COS(=O)(=O)c1ccc(Cl)cc1. The van der Waals surface area contributed by atoms with Gasteiger partial charge in [0.05, 0.1) is 11.5 Å². The van der Waals surface area contributed by atoms with Gasteiger partial charge in [-0.15, -0.1) is 0 Å². The van der Waals surface area contributed by atoms with Gasteiger partial charge in [0.15, 0.2) is 0 Å². The van der Waals surface area contributed by atoms with E-state index in [0.717, 1.165) is 5.92 Å². The van der Waals surface area contributed by atoms with Gasteiger partial charge in [-0.05, 0) is 30.2 Å². The average Bonchev–Trinajstić information content (AvgIpc) is 2.16. The van der Waals surface area contributed by atoms with Crippen molar-refractivity contribution < 1.29 is 12.6 Å². The predicted octanol–water partition coefficient (Wildman–Crippen LogP) is 2.66. The van der Waals surface area contributed by atoms with Crippen LogP contribution in [0.1, 0.15) is 13.8 Å². The number of benzene rings is 1. The predicted molar refractivity (Wildman–Crippen MR) is 59.2 cm³/mol. The van der Waals surface area contributed by atoms with Crippen molar-refractivity contribution in [2.75, 3.05) is 6.61 Å². The second-order valence-electron chi connectivity index (χ2n) is 3.38. The summed E-state index contributed by atoms with van der Waals surface area (Å²) in [6.45, 7) is 3.71. The van der Waals surface area contributed by atoms with E-state index in [2.05, 4.69) is 0 Å². The van der Waals surface area contributed by atoms with Gasteiger partial charge in [-0.2, -0.15) is 8.42 Å².